The molecule has 0 saturated heterocycles. The summed E-state index contributed by atoms with van der Waals surface area (Å²) in [4.78, 5) is 11.3. The van der Waals surface area contributed by atoms with Crippen molar-refractivity contribution in [2.75, 3.05) is 0 Å². The largest absolute Gasteiger partial charge is 0.423 e. The molecule has 2 aliphatic rings. The summed E-state index contributed by atoms with van der Waals surface area (Å²) in [7, 11) is 0. The number of carbonyl (C=O) groups excluding carboxylic acids is 1. The molecule has 1 aromatic rings. The van der Waals surface area contributed by atoms with Crippen LogP contribution >= 0.6 is 0 Å². The molecular formula is C24H38O2. The van der Waals surface area contributed by atoms with Crippen molar-refractivity contribution in [2.45, 2.75) is 77.0 Å². The molecule has 0 amide bonds. The summed E-state index contributed by atoms with van der Waals surface area (Å²) >= 11 is 0. The Hall–Kier alpha value is -1.57. The van der Waals surface area contributed by atoms with Crippen LogP contribution in [0.15, 0.2) is 36.9 Å². The van der Waals surface area contributed by atoms with E-state index in [1.807, 2.05) is 12.1 Å². The third-order valence-electron chi connectivity index (χ3n) is 6.76. The summed E-state index contributed by atoms with van der Waals surface area (Å²) in [6, 6.07) is 8.09. The van der Waals surface area contributed by atoms with Crippen molar-refractivity contribution in [1.82, 2.24) is 0 Å². The number of esters is 1. The first kappa shape index (κ1) is 19.2. The fraction of sp³-hybridized carbons (Fsp3) is 0.625. The molecular weight excluding hydrogens is 320 g/mol. The molecule has 0 bridgehead atoms. The van der Waals surface area contributed by atoms with Gasteiger partial charge in [-0.05, 0) is 79.9 Å². The lowest BCUT2D eigenvalue weighted by Crippen LogP contribution is -2.25. The average molecular weight is 359 g/mol. The molecule has 146 valence electrons. The first-order valence-corrected chi connectivity index (χ1v) is 10.6. The zero-order valence-electron chi connectivity index (χ0n) is 16.3. The van der Waals surface area contributed by atoms with Crippen LogP contribution in [0.3, 0.4) is 0 Å². The monoisotopic (exact) mass is 358 g/mol. The van der Waals surface area contributed by atoms with Crippen LogP contribution in [0.25, 0.3) is 0 Å². The third-order valence-corrected chi connectivity index (χ3v) is 6.76. The highest BCUT2D eigenvalue weighted by atomic mass is 16.5. The molecule has 0 unspecified atom stereocenters. The predicted molar refractivity (Wildman–Crippen MR) is 112 cm³/mol. The Balaban J connectivity index is 0.00000196. The molecule has 0 atom stereocenters. The Kier molecular flexibility index (Phi) is 6.93. The second-order valence-electron chi connectivity index (χ2n) is 8.38. The number of ether oxygens (including phenoxy) is 1. The molecule has 26 heavy (non-hydrogen) atoms. The molecule has 2 aliphatic carbocycles. The quantitative estimate of drug-likeness (QED) is 0.306. The maximum atomic E-state index is 11.3. The van der Waals surface area contributed by atoms with Gasteiger partial charge < -0.3 is 4.74 Å². The van der Waals surface area contributed by atoms with Gasteiger partial charge >= 0.3 is 5.97 Å². The van der Waals surface area contributed by atoms with Crippen molar-refractivity contribution >= 4 is 5.97 Å². The Morgan fingerprint density at radius 3 is 2.15 bits per heavy atom. The zero-order valence-corrected chi connectivity index (χ0v) is 16.3. The van der Waals surface area contributed by atoms with Crippen molar-refractivity contribution < 1.29 is 12.4 Å². The van der Waals surface area contributed by atoms with Gasteiger partial charge in [0.05, 0.1) is 0 Å². The first-order valence-electron chi connectivity index (χ1n) is 10.6. The highest BCUT2D eigenvalue weighted by Gasteiger charge is 2.31. The molecule has 2 fully saturated rings. The van der Waals surface area contributed by atoms with Crippen LogP contribution in [0.4, 0.5) is 0 Å². The van der Waals surface area contributed by atoms with Gasteiger partial charge in [0.1, 0.15) is 5.75 Å². The molecule has 0 spiro atoms. The van der Waals surface area contributed by atoms with E-state index in [9.17, 15) is 4.79 Å². The van der Waals surface area contributed by atoms with Gasteiger partial charge in [0.15, 0.2) is 0 Å². The molecule has 0 N–H and O–H groups in total. The van der Waals surface area contributed by atoms with Crippen LogP contribution in [0.1, 0.15) is 85.5 Å². The van der Waals surface area contributed by atoms with Gasteiger partial charge in [-0.3, -0.25) is 0 Å². The van der Waals surface area contributed by atoms with Crippen LogP contribution in [0.5, 0.6) is 5.75 Å². The van der Waals surface area contributed by atoms with E-state index in [1.165, 1.54) is 75.8 Å². The molecule has 0 aliphatic heterocycles. The summed E-state index contributed by atoms with van der Waals surface area (Å²) in [5, 5.41) is 0. The SMILES string of the molecule is C=CC(=O)Oc1ccc(C2CCC(C3CCC(CCC)CC3)CC2)cc1.[HH].[HH]. The Morgan fingerprint density at radius 2 is 1.62 bits per heavy atom. The highest BCUT2D eigenvalue weighted by Crippen LogP contribution is 2.44. The second-order valence-corrected chi connectivity index (χ2v) is 8.38. The predicted octanol–water partition coefficient (Wildman–Crippen LogP) is 7.15. The van der Waals surface area contributed by atoms with E-state index < -0.39 is 5.97 Å². The molecule has 3 rings (SSSR count). The second kappa shape index (κ2) is 9.39. The number of carbonyl (C=O) groups is 1. The van der Waals surface area contributed by atoms with E-state index in [1.54, 1.807) is 0 Å². The summed E-state index contributed by atoms with van der Waals surface area (Å²) in [5.74, 6) is 3.85. The lowest BCUT2D eigenvalue weighted by atomic mass is 9.68. The van der Waals surface area contributed by atoms with Crippen LogP contribution in [0.2, 0.25) is 0 Å². The molecule has 0 heterocycles. The van der Waals surface area contributed by atoms with Crippen molar-refractivity contribution in [3.63, 3.8) is 0 Å². The Morgan fingerprint density at radius 1 is 1.04 bits per heavy atom. The minimum Gasteiger partial charge on any atom is -0.423 e. The summed E-state index contributed by atoms with van der Waals surface area (Å²) < 4.78 is 5.17. The first-order chi connectivity index (χ1) is 12.7. The Labute approximate surface area is 162 Å². The lowest BCUT2D eigenvalue weighted by Gasteiger charge is -2.38. The summed E-state index contributed by atoms with van der Waals surface area (Å²) in [5.41, 5.74) is 1.40. The standard InChI is InChI=1S/C24H34O2.2H2/c1-3-5-18-6-8-19(9-7-18)20-10-12-21(13-11-20)22-14-16-23(17-15-22)26-24(25)4-2;;/h4,14-21H,2-3,5-13H2,1H3;2*1H. The van der Waals surface area contributed by atoms with Crippen LogP contribution < -0.4 is 4.74 Å². The van der Waals surface area contributed by atoms with Gasteiger partial charge in [-0.2, -0.15) is 0 Å². The van der Waals surface area contributed by atoms with E-state index in [0.29, 0.717) is 11.7 Å². The normalized spacial score (nSPS) is 29.1. The van der Waals surface area contributed by atoms with Crippen LogP contribution in [-0.2, 0) is 4.79 Å². The van der Waals surface area contributed by atoms with Gasteiger partial charge in [0.25, 0.3) is 0 Å². The maximum absolute atomic E-state index is 11.3. The summed E-state index contributed by atoms with van der Waals surface area (Å²) in [6.45, 7) is 5.75. The zero-order chi connectivity index (χ0) is 18.4. The van der Waals surface area contributed by atoms with Crippen molar-refractivity contribution in [1.29, 1.82) is 0 Å². The smallest absolute Gasteiger partial charge is 0.335 e. The van der Waals surface area contributed by atoms with Crippen LogP contribution in [0, 0.1) is 17.8 Å². The number of hydrogen-bond donors (Lipinski definition) is 0. The van der Waals surface area contributed by atoms with Crippen molar-refractivity contribution in [3.8, 4) is 5.75 Å². The van der Waals surface area contributed by atoms with Gasteiger partial charge in [0.2, 0.25) is 0 Å². The van der Waals surface area contributed by atoms with Crippen molar-refractivity contribution in [3.05, 3.63) is 42.5 Å². The van der Waals surface area contributed by atoms with Gasteiger partial charge in [0, 0.05) is 8.93 Å². The van der Waals surface area contributed by atoms with Gasteiger partial charge in [-0.15, -0.1) is 0 Å². The Bertz CT molecular complexity index is 583. The maximum Gasteiger partial charge on any atom is 0.335 e. The lowest BCUT2D eigenvalue weighted by molar-refractivity contribution is -0.128. The minimum atomic E-state index is -0.396. The molecule has 2 saturated carbocycles. The molecule has 2 nitrogen and oxygen atoms in total. The number of benzene rings is 1. The van der Waals surface area contributed by atoms with Crippen LogP contribution in [-0.4, -0.2) is 5.97 Å². The number of hydrogen-bond acceptors (Lipinski definition) is 2. The van der Waals surface area contributed by atoms with E-state index in [2.05, 4.69) is 25.6 Å². The molecule has 2 heteroatoms. The van der Waals surface area contributed by atoms with E-state index in [4.69, 9.17) is 4.74 Å². The molecule has 0 radical (unpaired) electrons. The number of rotatable bonds is 6. The molecule has 0 aromatic heterocycles. The van der Waals surface area contributed by atoms with Gasteiger partial charge in [-0.1, -0.05) is 51.3 Å². The third kappa shape index (κ3) is 4.99. The average Bonchev–Trinajstić information content (AvgIpc) is 2.69. The molecule has 1 aromatic carbocycles. The summed E-state index contributed by atoms with van der Waals surface area (Å²) in [6.07, 6.45) is 15.3. The topological polar surface area (TPSA) is 26.3 Å². The fourth-order valence-electron chi connectivity index (χ4n) is 5.25. The van der Waals surface area contributed by atoms with E-state index in [0.717, 1.165) is 17.8 Å². The van der Waals surface area contributed by atoms with E-state index >= 15 is 0 Å². The minimum absolute atomic E-state index is 0. The van der Waals surface area contributed by atoms with E-state index in [-0.39, 0.29) is 2.85 Å². The fourth-order valence-corrected chi connectivity index (χ4v) is 5.25. The highest BCUT2D eigenvalue weighted by molar-refractivity contribution is 5.83. The van der Waals surface area contributed by atoms with Gasteiger partial charge in [-0.25, -0.2) is 4.79 Å². The van der Waals surface area contributed by atoms with Crippen molar-refractivity contribution in [2.24, 2.45) is 17.8 Å².